The first-order valence-corrected chi connectivity index (χ1v) is 4.45. The molecule has 14 heavy (non-hydrogen) atoms. The highest BCUT2D eigenvalue weighted by molar-refractivity contribution is 5.30. The van der Waals surface area contributed by atoms with E-state index in [1.54, 1.807) is 6.07 Å². The van der Waals surface area contributed by atoms with E-state index in [9.17, 15) is 4.39 Å². The summed E-state index contributed by atoms with van der Waals surface area (Å²) in [6.45, 7) is 0.513. The van der Waals surface area contributed by atoms with Crippen LogP contribution < -0.4 is 10.5 Å². The van der Waals surface area contributed by atoms with Gasteiger partial charge in [0.05, 0.1) is 7.11 Å². The van der Waals surface area contributed by atoms with E-state index in [-0.39, 0.29) is 11.6 Å². The standard InChI is InChI=1S/C11H14FNO/c1-14-11-6-5-9(8-10(11)12)4-2-3-7-13/h2-3,5-6,8H,4,7,13H2,1H3. The maximum atomic E-state index is 13.2. The predicted octanol–water partition coefficient (Wildman–Crippen LogP) is 1.89. The number of hydrogen-bond acceptors (Lipinski definition) is 2. The van der Waals surface area contributed by atoms with Gasteiger partial charge in [-0.1, -0.05) is 18.2 Å². The Morgan fingerprint density at radius 1 is 1.43 bits per heavy atom. The molecule has 0 bridgehead atoms. The van der Waals surface area contributed by atoms with E-state index in [0.717, 1.165) is 5.56 Å². The van der Waals surface area contributed by atoms with Crippen LogP contribution in [0.15, 0.2) is 30.4 Å². The molecule has 0 heterocycles. The van der Waals surface area contributed by atoms with Crippen molar-refractivity contribution in [3.05, 3.63) is 41.7 Å². The third-order valence-electron chi connectivity index (χ3n) is 1.87. The number of allylic oxidation sites excluding steroid dienone is 1. The first kappa shape index (κ1) is 10.7. The Morgan fingerprint density at radius 3 is 2.79 bits per heavy atom. The summed E-state index contributed by atoms with van der Waals surface area (Å²) in [5.41, 5.74) is 6.20. The zero-order chi connectivity index (χ0) is 10.4. The molecule has 0 atom stereocenters. The van der Waals surface area contributed by atoms with Crippen molar-refractivity contribution < 1.29 is 9.13 Å². The van der Waals surface area contributed by atoms with Gasteiger partial charge in [-0.15, -0.1) is 0 Å². The van der Waals surface area contributed by atoms with E-state index in [1.807, 2.05) is 18.2 Å². The molecule has 76 valence electrons. The predicted molar refractivity (Wildman–Crippen MR) is 54.9 cm³/mol. The summed E-state index contributed by atoms with van der Waals surface area (Å²) in [5, 5.41) is 0. The van der Waals surface area contributed by atoms with Crippen molar-refractivity contribution in [3.63, 3.8) is 0 Å². The van der Waals surface area contributed by atoms with Crippen molar-refractivity contribution >= 4 is 0 Å². The molecule has 0 amide bonds. The van der Waals surface area contributed by atoms with E-state index >= 15 is 0 Å². The monoisotopic (exact) mass is 195 g/mol. The zero-order valence-electron chi connectivity index (χ0n) is 8.16. The highest BCUT2D eigenvalue weighted by Gasteiger charge is 2.01. The molecule has 0 unspecified atom stereocenters. The third kappa shape index (κ3) is 2.85. The Kier molecular flexibility index (Phi) is 4.13. The van der Waals surface area contributed by atoms with Crippen LogP contribution in [-0.2, 0) is 6.42 Å². The smallest absolute Gasteiger partial charge is 0.165 e. The minimum atomic E-state index is -0.328. The number of methoxy groups -OCH3 is 1. The van der Waals surface area contributed by atoms with Gasteiger partial charge in [0, 0.05) is 6.54 Å². The van der Waals surface area contributed by atoms with Gasteiger partial charge in [0.15, 0.2) is 11.6 Å². The van der Waals surface area contributed by atoms with Crippen LogP contribution in [0.4, 0.5) is 4.39 Å². The summed E-state index contributed by atoms with van der Waals surface area (Å²) in [7, 11) is 1.45. The highest BCUT2D eigenvalue weighted by Crippen LogP contribution is 2.17. The summed E-state index contributed by atoms with van der Waals surface area (Å²) >= 11 is 0. The van der Waals surface area contributed by atoms with Crippen molar-refractivity contribution in [3.8, 4) is 5.75 Å². The SMILES string of the molecule is COc1ccc(CC=CCN)cc1F. The van der Waals surface area contributed by atoms with E-state index in [2.05, 4.69) is 0 Å². The lowest BCUT2D eigenvalue weighted by Gasteiger charge is -2.02. The topological polar surface area (TPSA) is 35.2 Å². The van der Waals surface area contributed by atoms with Crippen LogP contribution in [0, 0.1) is 5.82 Å². The van der Waals surface area contributed by atoms with Gasteiger partial charge < -0.3 is 10.5 Å². The molecule has 0 aromatic heterocycles. The van der Waals surface area contributed by atoms with Crippen LogP contribution in [0.25, 0.3) is 0 Å². The molecule has 1 rings (SSSR count). The molecule has 0 fully saturated rings. The Balaban J connectivity index is 2.71. The second kappa shape index (κ2) is 5.40. The summed E-state index contributed by atoms with van der Waals surface area (Å²) in [6.07, 6.45) is 4.46. The van der Waals surface area contributed by atoms with Gasteiger partial charge in [-0.05, 0) is 24.1 Å². The molecular weight excluding hydrogens is 181 g/mol. The van der Waals surface area contributed by atoms with Crippen molar-refractivity contribution in [2.45, 2.75) is 6.42 Å². The van der Waals surface area contributed by atoms with Gasteiger partial charge in [0.1, 0.15) is 0 Å². The number of rotatable bonds is 4. The molecule has 1 aromatic carbocycles. The van der Waals surface area contributed by atoms with Crippen LogP contribution in [0.5, 0.6) is 5.75 Å². The second-order valence-corrected chi connectivity index (χ2v) is 2.88. The molecule has 2 nitrogen and oxygen atoms in total. The van der Waals surface area contributed by atoms with Crippen LogP contribution >= 0.6 is 0 Å². The average molecular weight is 195 g/mol. The minimum Gasteiger partial charge on any atom is -0.494 e. The summed E-state index contributed by atoms with van der Waals surface area (Å²) < 4.78 is 18.0. The molecule has 0 saturated carbocycles. The first-order chi connectivity index (χ1) is 6.77. The fourth-order valence-corrected chi connectivity index (χ4v) is 1.15. The van der Waals surface area contributed by atoms with Gasteiger partial charge in [0.25, 0.3) is 0 Å². The van der Waals surface area contributed by atoms with Crippen molar-refractivity contribution in [1.82, 2.24) is 0 Å². The minimum absolute atomic E-state index is 0.275. The molecular formula is C11H14FNO. The van der Waals surface area contributed by atoms with Gasteiger partial charge in [-0.2, -0.15) is 0 Å². The highest BCUT2D eigenvalue weighted by atomic mass is 19.1. The lowest BCUT2D eigenvalue weighted by Crippen LogP contribution is -1.93. The molecule has 1 aromatic rings. The second-order valence-electron chi connectivity index (χ2n) is 2.88. The zero-order valence-corrected chi connectivity index (χ0v) is 8.16. The Hall–Kier alpha value is -1.35. The van der Waals surface area contributed by atoms with Gasteiger partial charge >= 0.3 is 0 Å². The lowest BCUT2D eigenvalue weighted by molar-refractivity contribution is 0.386. The van der Waals surface area contributed by atoms with Gasteiger partial charge in [-0.25, -0.2) is 4.39 Å². The molecule has 0 aliphatic heterocycles. The lowest BCUT2D eigenvalue weighted by atomic mass is 10.1. The normalized spacial score (nSPS) is 10.8. The van der Waals surface area contributed by atoms with Crippen molar-refractivity contribution in [1.29, 1.82) is 0 Å². The quantitative estimate of drug-likeness (QED) is 0.744. The van der Waals surface area contributed by atoms with Crippen LogP contribution in [0.2, 0.25) is 0 Å². The van der Waals surface area contributed by atoms with Crippen molar-refractivity contribution in [2.24, 2.45) is 5.73 Å². The molecule has 0 aliphatic rings. The van der Waals surface area contributed by atoms with E-state index in [1.165, 1.54) is 13.2 Å². The Bertz CT molecular complexity index is 323. The van der Waals surface area contributed by atoms with E-state index in [4.69, 9.17) is 10.5 Å². The van der Waals surface area contributed by atoms with Crippen LogP contribution in [0.1, 0.15) is 5.56 Å². The molecule has 2 N–H and O–H groups in total. The number of hydrogen-bond donors (Lipinski definition) is 1. The van der Waals surface area contributed by atoms with Crippen LogP contribution in [0.3, 0.4) is 0 Å². The Labute approximate surface area is 83.2 Å². The molecule has 3 heteroatoms. The third-order valence-corrected chi connectivity index (χ3v) is 1.87. The maximum absolute atomic E-state index is 13.2. The largest absolute Gasteiger partial charge is 0.494 e. The molecule has 0 aliphatic carbocycles. The van der Waals surface area contributed by atoms with E-state index < -0.39 is 0 Å². The number of ether oxygens (including phenoxy) is 1. The van der Waals surface area contributed by atoms with Crippen molar-refractivity contribution in [2.75, 3.05) is 13.7 Å². The van der Waals surface area contributed by atoms with Gasteiger partial charge in [0.2, 0.25) is 0 Å². The number of benzene rings is 1. The summed E-state index contributed by atoms with van der Waals surface area (Å²) in [4.78, 5) is 0. The first-order valence-electron chi connectivity index (χ1n) is 4.45. The molecule has 0 saturated heterocycles. The Morgan fingerprint density at radius 2 is 2.21 bits per heavy atom. The van der Waals surface area contributed by atoms with Crippen LogP contribution in [-0.4, -0.2) is 13.7 Å². The average Bonchev–Trinajstić information content (AvgIpc) is 2.18. The van der Waals surface area contributed by atoms with Gasteiger partial charge in [-0.3, -0.25) is 0 Å². The summed E-state index contributed by atoms with van der Waals surface area (Å²) in [6, 6.07) is 4.93. The molecule has 0 radical (unpaired) electrons. The fraction of sp³-hybridized carbons (Fsp3) is 0.273. The fourth-order valence-electron chi connectivity index (χ4n) is 1.15. The van der Waals surface area contributed by atoms with E-state index in [0.29, 0.717) is 13.0 Å². The summed E-state index contributed by atoms with van der Waals surface area (Å²) in [5.74, 6) is -0.0531. The molecule has 0 spiro atoms. The number of nitrogens with two attached hydrogens (primary N) is 1. The maximum Gasteiger partial charge on any atom is 0.165 e. The number of halogens is 1.